The fourth-order valence-electron chi connectivity index (χ4n) is 3.96. The van der Waals surface area contributed by atoms with Gasteiger partial charge in [0.1, 0.15) is 6.17 Å². The van der Waals surface area contributed by atoms with Crippen LogP contribution >= 0.6 is 0 Å². The van der Waals surface area contributed by atoms with Crippen LogP contribution in [0.5, 0.6) is 0 Å². The van der Waals surface area contributed by atoms with Crippen LogP contribution in [0.2, 0.25) is 0 Å². The van der Waals surface area contributed by atoms with Crippen molar-refractivity contribution in [2.45, 2.75) is 49.7 Å². The van der Waals surface area contributed by atoms with Crippen LogP contribution in [0.3, 0.4) is 0 Å². The van der Waals surface area contributed by atoms with Crippen molar-refractivity contribution < 1.29 is 14.4 Å². The van der Waals surface area contributed by atoms with E-state index in [1.807, 2.05) is 4.90 Å². The van der Waals surface area contributed by atoms with E-state index in [9.17, 15) is 19.6 Å². The molecule has 0 aromatic rings. The zero-order chi connectivity index (χ0) is 15.7. The SMILES string of the molecule is O=[N+]([O-])C1CCC(N2CCCC(O)(CN3CC(F)C3)C2)CN1. The number of likely N-dealkylation sites (tertiary alicyclic amines) is 2. The second-order valence-corrected chi connectivity index (χ2v) is 7.03. The Hall–Kier alpha value is -0.830. The molecule has 0 spiro atoms. The number of nitrogens with one attached hydrogen (secondary N) is 1. The third-order valence-corrected chi connectivity index (χ3v) is 5.15. The summed E-state index contributed by atoms with van der Waals surface area (Å²) < 4.78 is 12.9. The Kier molecular flexibility index (Phi) is 4.63. The van der Waals surface area contributed by atoms with Gasteiger partial charge >= 0.3 is 0 Å². The van der Waals surface area contributed by atoms with Gasteiger partial charge in [0.2, 0.25) is 0 Å². The van der Waals surface area contributed by atoms with Crippen molar-refractivity contribution in [1.29, 1.82) is 0 Å². The molecular weight excluding hydrogens is 291 g/mol. The average molecular weight is 316 g/mol. The van der Waals surface area contributed by atoms with Gasteiger partial charge in [0, 0.05) is 50.1 Å². The third kappa shape index (κ3) is 3.56. The first-order valence-corrected chi connectivity index (χ1v) is 8.15. The molecule has 3 rings (SSSR count). The van der Waals surface area contributed by atoms with Gasteiger partial charge in [-0.05, 0) is 25.8 Å². The molecule has 22 heavy (non-hydrogen) atoms. The van der Waals surface area contributed by atoms with E-state index in [1.165, 1.54) is 0 Å². The molecule has 126 valence electrons. The molecule has 0 saturated carbocycles. The summed E-state index contributed by atoms with van der Waals surface area (Å²) in [6.45, 7) is 3.48. The molecule has 0 bridgehead atoms. The highest BCUT2D eigenvalue weighted by molar-refractivity contribution is 4.95. The molecule has 0 amide bonds. The van der Waals surface area contributed by atoms with E-state index in [4.69, 9.17) is 0 Å². The van der Waals surface area contributed by atoms with Crippen molar-refractivity contribution in [2.75, 3.05) is 39.3 Å². The minimum Gasteiger partial charge on any atom is -0.387 e. The van der Waals surface area contributed by atoms with Crippen LogP contribution in [0.25, 0.3) is 0 Å². The monoisotopic (exact) mass is 316 g/mol. The Bertz CT molecular complexity index is 413. The largest absolute Gasteiger partial charge is 0.387 e. The number of alkyl halides is 1. The minimum absolute atomic E-state index is 0.244. The van der Waals surface area contributed by atoms with Crippen LogP contribution in [0.1, 0.15) is 25.7 Å². The predicted octanol–water partition coefficient (Wildman–Crippen LogP) is -0.178. The van der Waals surface area contributed by atoms with Gasteiger partial charge in [0.15, 0.2) is 0 Å². The van der Waals surface area contributed by atoms with E-state index in [0.29, 0.717) is 39.1 Å². The Morgan fingerprint density at radius 3 is 2.77 bits per heavy atom. The lowest BCUT2D eigenvalue weighted by atomic mass is 9.89. The average Bonchev–Trinajstić information content (AvgIpc) is 2.45. The molecule has 0 radical (unpaired) electrons. The van der Waals surface area contributed by atoms with E-state index >= 15 is 0 Å². The van der Waals surface area contributed by atoms with Crippen molar-refractivity contribution >= 4 is 0 Å². The van der Waals surface area contributed by atoms with Gasteiger partial charge in [-0.2, -0.15) is 0 Å². The zero-order valence-electron chi connectivity index (χ0n) is 12.8. The Balaban J connectivity index is 1.51. The van der Waals surface area contributed by atoms with Crippen LogP contribution < -0.4 is 5.32 Å². The number of hydrogen-bond acceptors (Lipinski definition) is 6. The molecule has 0 aromatic heterocycles. The van der Waals surface area contributed by atoms with Gasteiger partial charge < -0.3 is 5.11 Å². The highest BCUT2D eigenvalue weighted by Crippen LogP contribution is 2.28. The summed E-state index contributed by atoms with van der Waals surface area (Å²) in [4.78, 5) is 14.7. The van der Waals surface area contributed by atoms with Gasteiger partial charge in [-0.15, -0.1) is 0 Å². The van der Waals surface area contributed by atoms with Crippen molar-refractivity contribution in [1.82, 2.24) is 15.1 Å². The second kappa shape index (κ2) is 6.35. The first kappa shape index (κ1) is 16.0. The Morgan fingerprint density at radius 2 is 2.18 bits per heavy atom. The molecular formula is C14H25FN4O3. The number of halogens is 1. The smallest absolute Gasteiger partial charge is 0.266 e. The predicted molar refractivity (Wildman–Crippen MR) is 78.9 cm³/mol. The van der Waals surface area contributed by atoms with Crippen molar-refractivity contribution in [3.63, 3.8) is 0 Å². The molecule has 3 heterocycles. The summed E-state index contributed by atoms with van der Waals surface area (Å²) in [5.41, 5.74) is -0.779. The van der Waals surface area contributed by atoms with Crippen molar-refractivity contribution in [3.8, 4) is 0 Å². The lowest BCUT2D eigenvalue weighted by Crippen LogP contribution is -2.62. The summed E-state index contributed by atoms with van der Waals surface area (Å²) in [6, 6.07) is 0.244. The van der Waals surface area contributed by atoms with Crippen molar-refractivity contribution in [2.24, 2.45) is 0 Å². The van der Waals surface area contributed by atoms with Gasteiger partial charge in [0.25, 0.3) is 6.17 Å². The van der Waals surface area contributed by atoms with Crippen LogP contribution in [-0.2, 0) is 0 Å². The summed E-state index contributed by atoms with van der Waals surface area (Å²) >= 11 is 0. The van der Waals surface area contributed by atoms with Crippen LogP contribution in [0.4, 0.5) is 4.39 Å². The number of hydrogen-bond donors (Lipinski definition) is 2. The maximum atomic E-state index is 12.9. The fourth-order valence-corrected chi connectivity index (χ4v) is 3.96. The lowest BCUT2D eigenvalue weighted by Gasteiger charge is -2.47. The summed E-state index contributed by atoms with van der Waals surface area (Å²) in [6.07, 6.45) is 1.59. The van der Waals surface area contributed by atoms with Crippen LogP contribution in [-0.4, -0.2) is 83.1 Å². The summed E-state index contributed by atoms with van der Waals surface area (Å²) in [7, 11) is 0. The number of β-amino-alcohol motifs (C(OH)–C–C–N with tert-alkyl or cyclic N) is 1. The molecule has 3 fully saturated rings. The Labute approximate surface area is 129 Å². The molecule has 0 aliphatic carbocycles. The molecule has 3 atom stereocenters. The normalized spacial score (nSPS) is 38.6. The molecule has 3 saturated heterocycles. The number of nitro groups is 1. The van der Waals surface area contributed by atoms with Gasteiger partial charge in [-0.1, -0.05) is 0 Å². The fraction of sp³-hybridized carbons (Fsp3) is 1.00. The quantitative estimate of drug-likeness (QED) is 0.553. The molecule has 2 N–H and O–H groups in total. The van der Waals surface area contributed by atoms with Crippen LogP contribution in [0.15, 0.2) is 0 Å². The molecule has 8 heteroatoms. The number of aliphatic hydroxyl groups is 1. The molecule has 0 aromatic carbocycles. The zero-order valence-corrected chi connectivity index (χ0v) is 12.8. The second-order valence-electron chi connectivity index (χ2n) is 7.03. The van der Waals surface area contributed by atoms with E-state index in [0.717, 1.165) is 25.8 Å². The number of piperidine rings is 2. The van der Waals surface area contributed by atoms with E-state index in [1.54, 1.807) is 0 Å². The minimum atomic E-state index is -0.779. The van der Waals surface area contributed by atoms with E-state index in [-0.39, 0.29) is 11.0 Å². The summed E-state index contributed by atoms with van der Waals surface area (Å²) in [5.74, 6) is 0. The topological polar surface area (TPSA) is 81.9 Å². The Morgan fingerprint density at radius 1 is 1.41 bits per heavy atom. The first-order valence-electron chi connectivity index (χ1n) is 8.15. The number of rotatable bonds is 4. The van der Waals surface area contributed by atoms with E-state index in [2.05, 4.69) is 10.2 Å². The van der Waals surface area contributed by atoms with Gasteiger partial charge in [0.05, 0.1) is 5.60 Å². The maximum absolute atomic E-state index is 12.9. The number of nitrogens with zero attached hydrogens (tertiary/aromatic N) is 3. The maximum Gasteiger partial charge on any atom is 0.266 e. The molecule has 3 aliphatic rings. The highest BCUT2D eigenvalue weighted by atomic mass is 19.1. The van der Waals surface area contributed by atoms with E-state index < -0.39 is 17.9 Å². The molecule has 3 unspecified atom stereocenters. The summed E-state index contributed by atoms with van der Waals surface area (Å²) in [5, 5.41) is 24.6. The van der Waals surface area contributed by atoms with Gasteiger partial charge in [-0.25, -0.2) is 4.39 Å². The van der Waals surface area contributed by atoms with Gasteiger partial charge in [-0.3, -0.25) is 25.2 Å². The third-order valence-electron chi connectivity index (χ3n) is 5.15. The van der Waals surface area contributed by atoms with Crippen molar-refractivity contribution in [3.05, 3.63) is 10.1 Å². The highest BCUT2D eigenvalue weighted by Gasteiger charge is 2.41. The van der Waals surface area contributed by atoms with Crippen LogP contribution in [0, 0.1) is 10.1 Å². The molecule has 7 nitrogen and oxygen atoms in total. The lowest BCUT2D eigenvalue weighted by molar-refractivity contribution is -0.532. The standard InChI is InChI=1S/C14H25FN4O3/c15-11-7-17(8-11)9-14(20)4-1-5-18(10-14)12-2-3-13(16-6-12)19(21)22/h11-13,16,20H,1-10H2. The molecule has 3 aliphatic heterocycles. The first-order chi connectivity index (χ1) is 10.5.